The van der Waals surface area contributed by atoms with E-state index in [-0.39, 0.29) is 13.2 Å². The minimum atomic E-state index is -4.27. The van der Waals surface area contributed by atoms with Crippen LogP contribution < -0.4 is 4.72 Å². The molecule has 0 saturated heterocycles. The molecule has 1 rings (SSSR count). The van der Waals surface area contributed by atoms with Crippen LogP contribution in [0.25, 0.3) is 0 Å². The highest BCUT2D eigenvalue weighted by Gasteiger charge is 2.30. The van der Waals surface area contributed by atoms with Gasteiger partial charge in [0.25, 0.3) is 0 Å². The van der Waals surface area contributed by atoms with Crippen molar-refractivity contribution in [3.8, 4) is 0 Å². The normalized spacial score (nSPS) is 12.6. The van der Waals surface area contributed by atoms with Crippen molar-refractivity contribution in [3.05, 3.63) is 29.8 Å². The summed E-state index contributed by atoms with van der Waals surface area (Å²) in [5, 5.41) is 9.10. The standard InChI is InChI=1S/C14H21F2NO3S/c1-3-14(4-2,8-9-18)10-17-21(19,20)13-11(15)6-5-7-12(13)16/h5-7,17-18H,3-4,8-10H2,1-2H3. The molecule has 120 valence electrons. The van der Waals surface area contributed by atoms with Gasteiger partial charge in [0.15, 0.2) is 4.90 Å². The molecule has 7 heteroatoms. The molecule has 0 aromatic heterocycles. The highest BCUT2D eigenvalue weighted by atomic mass is 32.2. The van der Waals surface area contributed by atoms with Crippen LogP contribution in [-0.4, -0.2) is 26.7 Å². The fraction of sp³-hybridized carbons (Fsp3) is 0.571. The minimum absolute atomic E-state index is 0.0245. The number of hydrogen-bond acceptors (Lipinski definition) is 3. The van der Waals surface area contributed by atoms with Gasteiger partial charge in [-0.25, -0.2) is 21.9 Å². The van der Waals surface area contributed by atoms with Gasteiger partial charge in [-0.3, -0.25) is 0 Å². The van der Waals surface area contributed by atoms with Crippen LogP contribution in [0.1, 0.15) is 33.1 Å². The number of sulfonamides is 1. The van der Waals surface area contributed by atoms with E-state index in [0.717, 1.165) is 18.2 Å². The van der Waals surface area contributed by atoms with Crippen LogP contribution >= 0.6 is 0 Å². The summed E-state index contributed by atoms with van der Waals surface area (Å²) in [7, 11) is -4.27. The first-order chi connectivity index (χ1) is 9.82. The van der Waals surface area contributed by atoms with E-state index in [1.54, 1.807) is 0 Å². The van der Waals surface area contributed by atoms with E-state index in [4.69, 9.17) is 5.11 Å². The Balaban J connectivity index is 3.01. The van der Waals surface area contributed by atoms with Crippen LogP contribution in [0, 0.1) is 17.0 Å². The van der Waals surface area contributed by atoms with Crippen molar-refractivity contribution in [1.82, 2.24) is 4.72 Å². The van der Waals surface area contributed by atoms with Gasteiger partial charge < -0.3 is 5.11 Å². The average Bonchev–Trinajstić information content (AvgIpc) is 2.43. The van der Waals surface area contributed by atoms with Crippen LogP contribution in [0.4, 0.5) is 8.78 Å². The van der Waals surface area contributed by atoms with Crippen molar-refractivity contribution in [2.24, 2.45) is 5.41 Å². The summed E-state index contributed by atoms with van der Waals surface area (Å²) >= 11 is 0. The Morgan fingerprint density at radius 1 is 1.19 bits per heavy atom. The molecule has 0 radical (unpaired) electrons. The summed E-state index contributed by atoms with van der Waals surface area (Å²) in [4.78, 5) is -0.963. The fourth-order valence-corrected chi connectivity index (χ4v) is 3.53. The first-order valence-electron chi connectivity index (χ1n) is 6.86. The predicted molar refractivity (Wildman–Crippen MR) is 76.3 cm³/mol. The van der Waals surface area contributed by atoms with E-state index >= 15 is 0 Å². The number of rotatable bonds is 8. The molecule has 2 N–H and O–H groups in total. The second-order valence-corrected chi connectivity index (χ2v) is 6.76. The zero-order valence-electron chi connectivity index (χ0n) is 12.2. The Morgan fingerprint density at radius 2 is 1.71 bits per heavy atom. The molecule has 4 nitrogen and oxygen atoms in total. The van der Waals surface area contributed by atoms with Gasteiger partial charge in [-0.15, -0.1) is 0 Å². The summed E-state index contributed by atoms with van der Waals surface area (Å²) in [5.74, 6) is -2.24. The second kappa shape index (κ2) is 7.29. The van der Waals surface area contributed by atoms with Gasteiger partial charge >= 0.3 is 0 Å². The molecular formula is C14H21F2NO3S. The van der Waals surface area contributed by atoms with Crippen molar-refractivity contribution in [2.75, 3.05) is 13.2 Å². The first-order valence-corrected chi connectivity index (χ1v) is 8.34. The van der Waals surface area contributed by atoms with Gasteiger partial charge in [0.2, 0.25) is 10.0 Å². The first kappa shape index (κ1) is 18.0. The molecule has 0 amide bonds. The Bertz CT molecular complexity index is 551. The smallest absolute Gasteiger partial charge is 0.246 e. The van der Waals surface area contributed by atoms with E-state index in [0.29, 0.717) is 19.3 Å². The fourth-order valence-electron chi connectivity index (χ4n) is 2.24. The highest BCUT2D eigenvalue weighted by Crippen LogP contribution is 2.30. The Kier molecular flexibility index (Phi) is 6.24. The largest absolute Gasteiger partial charge is 0.396 e. The molecule has 1 aromatic carbocycles. The van der Waals surface area contributed by atoms with Crippen molar-refractivity contribution >= 4 is 10.0 Å². The van der Waals surface area contributed by atoms with Crippen LogP contribution in [0.5, 0.6) is 0 Å². The molecule has 0 saturated carbocycles. The zero-order valence-corrected chi connectivity index (χ0v) is 13.0. The van der Waals surface area contributed by atoms with Gasteiger partial charge in [0.05, 0.1) is 0 Å². The van der Waals surface area contributed by atoms with Gasteiger partial charge in [0, 0.05) is 13.2 Å². The van der Waals surface area contributed by atoms with E-state index < -0.39 is 32.0 Å². The third kappa shape index (κ3) is 4.21. The quantitative estimate of drug-likeness (QED) is 0.773. The molecule has 21 heavy (non-hydrogen) atoms. The second-order valence-electron chi connectivity index (χ2n) is 5.06. The van der Waals surface area contributed by atoms with Gasteiger partial charge in [-0.1, -0.05) is 19.9 Å². The summed E-state index contributed by atoms with van der Waals surface area (Å²) in [6, 6.07) is 2.91. The number of halogens is 2. The SMILES string of the molecule is CCC(CC)(CCO)CNS(=O)(=O)c1c(F)cccc1F. The Hall–Kier alpha value is -1.05. The van der Waals surface area contributed by atoms with E-state index in [9.17, 15) is 17.2 Å². The van der Waals surface area contributed by atoms with Gasteiger partial charge in [0.1, 0.15) is 11.6 Å². The van der Waals surface area contributed by atoms with Gasteiger partial charge in [-0.2, -0.15) is 0 Å². The third-order valence-corrected chi connectivity index (χ3v) is 5.42. The summed E-state index contributed by atoms with van der Waals surface area (Å²) in [5.41, 5.74) is -0.427. The third-order valence-electron chi connectivity index (χ3n) is 3.97. The molecule has 0 aliphatic carbocycles. The lowest BCUT2D eigenvalue weighted by molar-refractivity contribution is 0.170. The number of aliphatic hydroxyl groups excluding tert-OH is 1. The molecular weight excluding hydrogens is 300 g/mol. The van der Waals surface area contributed by atoms with Gasteiger partial charge in [-0.05, 0) is 36.8 Å². The number of hydrogen-bond donors (Lipinski definition) is 2. The minimum Gasteiger partial charge on any atom is -0.396 e. The Labute approximate surface area is 124 Å². The molecule has 0 fully saturated rings. The lowest BCUT2D eigenvalue weighted by Gasteiger charge is -2.31. The highest BCUT2D eigenvalue weighted by molar-refractivity contribution is 7.89. The maximum Gasteiger partial charge on any atom is 0.246 e. The van der Waals surface area contributed by atoms with Crippen molar-refractivity contribution < 1.29 is 22.3 Å². The maximum absolute atomic E-state index is 13.6. The molecule has 0 aliphatic heterocycles. The molecule has 0 atom stereocenters. The zero-order chi connectivity index (χ0) is 16.1. The van der Waals surface area contributed by atoms with Crippen molar-refractivity contribution in [1.29, 1.82) is 0 Å². The van der Waals surface area contributed by atoms with E-state index in [1.165, 1.54) is 0 Å². The molecule has 0 bridgehead atoms. The summed E-state index contributed by atoms with van der Waals surface area (Å²) < 4.78 is 53.6. The lowest BCUT2D eigenvalue weighted by atomic mass is 9.80. The van der Waals surface area contributed by atoms with Crippen molar-refractivity contribution in [2.45, 2.75) is 38.0 Å². The van der Waals surface area contributed by atoms with E-state index in [2.05, 4.69) is 4.72 Å². The molecule has 0 heterocycles. The van der Waals surface area contributed by atoms with Crippen molar-refractivity contribution in [3.63, 3.8) is 0 Å². The topological polar surface area (TPSA) is 66.4 Å². The molecule has 0 spiro atoms. The lowest BCUT2D eigenvalue weighted by Crippen LogP contribution is -2.38. The van der Waals surface area contributed by atoms with Crippen LogP contribution in [-0.2, 0) is 10.0 Å². The number of aliphatic hydroxyl groups is 1. The van der Waals surface area contributed by atoms with Crippen LogP contribution in [0.15, 0.2) is 23.1 Å². The monoisotopic (exact) mass is 321 g/mol. The Morgan fingerprint density at radius 3 is 2.14 bits per heavy atom. The predicted octanol–water partition coefficient (Wildman–Crippen LogP) is 2.43. The average molecular weight is 321 g/mol. The number of nitrogens with one attached hydrogen (secondary N) is 1. The summed E-state index contributed by atoms with van der Waals surface area (Å²) in [6.45, 7) is 3.72. The molecule has 0 unspecified atom stereocenters. The molecule has 0 aliphatic rings. The van der Waals surface area contributed by atoms with Crippen LogP contribution in [0.2, 0.25) is 0 Å². The summed E-state index contributed by atoms with van der Waals surface area (Å²) in [6.07, 6.45) is 1.71. The maximum atomic E-state index is 13.6. The molecule has 1 aromatic rings. The van der Waals surface area contributed by atoms with E-state index in [1.807, 2.05) is 13.8 Å². The van der Waals surface area contributed by atoms with Crippen LogP contribution in [0.3, 0.4) is 0 Å². The number of benzene rings is 1.